The highest BCUT2D eigenvalue weighted by Crippen LogP contribution is 2.27. The number of aromatic nitrogens is 2. The van der Waals surface area contributed by atoms with Crippen LogP contribution in [0.3, 0.4) is 0 Å². The molecule has 1 aromatic rings. The number of aliphatic hydroxyl groups excluding tert-OH is 2. The van der Waals surface area contributed by atoms with Crippen molar-refractivity contribution in [2.24, 2.45) is 0 Å². The van der Waals surface area contributed by atoms with Crippen molar-refractivity contribution in [3.63, 3.8) is 0 Å². The van der Waals surface area contributed by atoms with Gasteiger partial charge >= 0.3 is 5.69 Å². The summed E-state index contributed by atoms with van der Waals surface area (Å²) in [6.07, 6.45) is -1.92. The lowest BCUT2D eigenvalue weighted by atomic mass is 10.1. The van der Waals surface area contributed by atoms with Crippen LogP contribution in [0.5, 0.6) is 0 Å². The van der Waals surface area contributed by atoms with E-state index >= 15 is 0 Å². The lowest BCUT2D eigenvalue weighted by molar-refractivity contribution is -0.121. The van der Waals surface area contributed by atoms with E-state index in [2.05, 4.69) is 10.3 Å². The predicted molar refractivity (Wildman–Crippen MR) is 65.9 cm³/mol. The largest absolute Gasteiger partial charge is 0.394 e. The summed E-state index contributed by atoms with van der Waals surface area (Å²) in [4.78, 5) is 36.0. The second kappa shape index (κ2) is 5.57. The van der Waals surface area contributed by atoms with Crippen LogP contribution in [0.1, 0.15) is 13.2 Å². The fourth-order valence-corrected chi connectivity index (χ4v) is 2.15. The lowest BCUT2D eigenvalue weighted by Crippen LogP contribution is -2.47. The summed E-state index contributed by atoms with van der Waals surface area (Å²) >= 11 is 0. The van der Waals surface area contributed by atoms with Gasteiger partial charge in [-0.2, -0.15) is 0 Å². The summed E-state index contributed by atoms with van der Waals surface area (Å²) in [5.41, 5.74) is -1.30. The van der Waals surface area contributed by atoms with Crippen molar-refractivity contribution >= 4 is 5.91 Å². The molecule has 4 N–H and O–H groups in total. The first-order valence-electron chi connectivity index (χ1n) is 5.97. The molecule has 9 heteroatoms. The first-order chi connectivity index (χ1) is 9.43. The molecule has 0 saturated carbocycles. The molecule has 0 radical (unpaired) electrons. The number of aromatic amines is 1. The molecule has 4 atom stereocenters. The van der Waals surface area contributed by atoms with E-state index in [0.717, 1.165) is 10.6 Å². The minimum atomic E-state index is -1.17. The highest BCUT2D eigenvalue weighted by atomic mass is 16.5. The Labute approximate surface area is 112 Å². The van der Waals surface area contributed by atoms with E-state index in [-0.39, 0.29) is 0 Å². The first kappa shape index (κ1) is 14.4. The van der Waals surface area contributed by atoms with Gasteiger partial charge in [0.1, 0.15) is 18.2 Å². The normalized spacial score (nSPS) is 29.4. The quantitative estimate of drug-likeness (QED) is 0.477. The summed E-state index contributed by atoms with van der Waals surface area (Å²) in [5.74, 6) is -0.418. The summed E-state index contributed by atoms with van der Waals surface area (Å²) in [5, 5.41) is 21.6. The number of hydrogen-bond donors (Lipinski definition) is 4. The van der Waals surface area contributed by atoms with Crippen LogP contribution in [0.25, 0.3) is 0 Å². The monoisotopic (exact) mass is 285 g/mol. The molecule has 9 nitrogen and oxygen atoms in total. The molecular formula is C11H15N3O6. The molecule has 1 aliphatic rings. The molecule has 20 heavy (non-hydrogen) atoms. The number of ether oxygens (including phenoxy) is 1. The summed E-state index contributed by atoms with van der Waals surface area (Å²) in [6, 6.07) is 0.210. The van der Waals surface area contributed by atoms with Gasteiger partial charge in [0, 0.05) is 19.2 Å². The van der Waals surface area contributed by atoms with E-state index < -0.39 is 48.2 Å². The minimum absolute atomic E-state index is 0.418. The fraction of sp³-hybridized carbons (Fsp3) is 0.545. The molecule has 0 aliphatic carbocycles. The molecule has 1 aliphatic heterocycles. The molecule has 2 heterocycles. The minimum Gasteiger partial charge on any atom is -0.394 e. The molecular weight excluding hydrogens is 270 g/mol. The second-order valence-electron chi connectivity index (χ2n) is 4.48. The lowest BCUT2D eigenvalue weighted by Gasteiger charge is -2.22. The van der Waals surface area contributed by atoms with Crippen LogP contribution in [0.15, 0.2) is 21.9 Å². The zero-order valence-electron chi connectivity index (χ0n) is 10.6. The van der Waals surface area contributed by atoms with Gasteiger partial charge in [0.25, 0.3) is 5.56 Å². The van der Waals surface area contributed by atoms with Crippen molar-refractivity contribution in [2.45, 2.75) is 31.4 Å². The van der Waals surface area contributed by atoms with E-state index in [1.54, 1.807) is 0 Å². The topological polar surface area (TPSA) is 134 Å². The third-order valence-corrected chi connectivity index (χ3v) is 3.05. The maximum Gasteiger partial charge on any atom is 0.330 e. The SMILES string of the molecule is CC(=O)NC1[C@@H](O)[C@@H](CO)O[C@H]1n1ccc(=O)[nH]c1=O. The van der Waals surface area contributed by atoms with E-state index in [1.165, 1.54) is 13.1 Å². The van der Waals surface area contributed by atoms with Crippen LogP contribution in [0, 0.1) is 0 Å². The second-order valence-corrected chi connectivity index (χ2v) is 4.48. The number of rotatable bonds is 3. The molecule has 0 bridgehead atoms. The Morgan fingerprint density at radius 2 is 2.25 bits per heavy atom. The van der Waals surface area contributed by atoms with Crippen molar-refractivity contribution in [1.82, 2.24) is 14.9 Å². The number of aliphatic hydroxyl groups is 2. The van der Waals surface area contributed by atoms with Crippen molar-refractivity contribution in [2.75, 3.05) is 6.61 Å². The van der Waals surface area contributed by atoms with E-state index in [4.69, 9.17) is 9.84 Å². The van der Waals surface area contributed by atoms with Gasteiger partial charge in [0.15, 0.2) is 6.23 Å². The Hall–Kier alpha value is -1.97. The van der Waals surface area contributed by atoms with Gasteiger partial charge in [-0.3, -0.25) is 19.1 Å². The Bertz CT molecular complexity index is 609. The Morgan fingerprint density at radius 3 is 2.80 bits per heavy atom. The molecule has 1 aromatic heterocycles. The van der Waals surface area contributed by atoms with Gasteiger partial charge in [0.2, 0.25) is 5.91 Å². The highest BCUT2D eigenvalue weighted by molar-refractivity contribution is 5.73. The summed E-state index contributed by atoms with van der Waals surface area (Å²) in [7, 11) is 0. The van der Waals surface area contributed by atoms with E-state index in [1.807, 2.05) is 0 Å². The third-order valence-electron chi connectivity index (χ3n) is 3.05. The average molecular weight is 285 g/mol. The van der Waals surface area contributed by atoms with Crippen LogP contribution in [-0.4, -0.2) is 50.5 Å². The van der Waals surface area contributed by atoms with Crippen LogP contribution >= 0.6 is 0 Å². The fourth-order valence-electron chi connectivity index (χ4n) is 2.15. The standard InChI is InChI=1S/C11H15N3O6/c1-5(16)12-8-9(18)6(4-15)20-10(8)14-3-2-7(17)13-11(14)19/h2-3,6,8-10,15,18H,4H2,1H3,(H,12,16)(H,13,17,19)/t6-,8?,9+,10-/m1/s1. The average Bonchev–Trinajstić information content (AvgIpc) is 2.66. The van der Waals surface area contributed by atoms with Gasteiger partial charge in [0.05, 0.1) is 6.61 Å². The van der Waals surface area contributed by atoms with Crippen LogP contribution in [0.2, 0.25) is 0 Å². The number of hydrogen-bond acceptors (Lipinski definition) is 6. The van der Waals surface area contributed by atoms with Gasteiger partial charge in [-0.1, -0.05) is 0 Å². The molecule has 1 amide bonds. The molecule has 0 aromatic carbocycles. The van der Waals surface area contributed by atoms with E-state index in [0.29, 0.717) is 0 Å². The van der Waals surface area contributed by atoms with Gasteiger partial charge in [-0.25, -0.2) is 4.79 Å². The number of H-pyrrole nitrogens is 1. The van der Waals surface area contributed by atoms with Crippen molar-refractivity contribution in [3.8, 4) is 0 Å². The van der Waals surface area contributed by atoms with Crippen LogP contribution in [0.4, 0.5) is 0 Å². The van der Waals surface area contributed by atoms with Crippen molar-refractivity contribution in [1.29, 1.82) is 0 Å². The van der Waals surface area contributed by atoms with Gasteiger partial charge in [-0.05, 0) is 0 Å². The number of carbonyl (C=O) groups excluding carboxylic acids is 1. The van der Waals surface area contributed by atoms with Crippen LogP contribution in [-0.2, 0) is 9.53 Å². The number of nitrogens with one attached hydrogen (secondary N) is 2. The summed E-state index contributed by atoms with van der Waals surface area (Å²) in [6.45, 7) is 0.789. The zero-order chi connectivity index (χ0) is 14.9. The Kier molecular flexibility index (Phi) is 4.02. The predicted octanol–water partition coefficient (Wildman–Crippen LogP) is -2.71. The van der Waals surface area contributed by atoms with Gasteiger partial charge in [-0.15, -0.1) is 0 Å². The summed E-state index contributed by atoms with van der Waals surface area (Å²) < 4.78 is 6.41. The number of amides is 1. The molecule has 1 fully saturated rings. The van der Waals surface area contributed by atoms with Crippen molar-refractivity contribution in [3.05, 3.63) is 33.1 Å². The Balaban J connectivity index is 2.39. The Morgan fingerprint density at radius 1 is 1.55 bits per heavy atom. The smallest absolute Gasteiger partial charge is 0.330 e. The van der Waals surface area contributed by atoms with E-state index in [9.17, 15) is 19.5 Å². The maximum atomic E-state index is 11.7. The highest BCUT2D eigenvalue weighted by Gasteiger charge is 2.45. The maximum absolute atomic E-state index is 11.7. The molecule has 2 rings (SSSR count). The first-order valence-corrected chi connectivity index (χ1v) is 5.97. The molecule has 1 unspecified atom stereocenters. The van der Waals surface area contributed by atoms with Gasteiger partial charge < -0.3 is 20.3 Å². The molecule has 110 valence electrons. The van der Waals surface area contributed by atoms with Crippen LogP contribution < -0.4 is 16.6 Å². The number of nitrogens with zero attached hydrogens (tertiary/aromatic N) is 1. The third kappa shape index (κ3) is 2.64. The number of carbonyl (C=O) groups is 1. The van der Waals surface area contributed by atoms with Crippen molar-refractivity contribution < 1.29 is 19.7 Å². The zero-order valence-corrected chi connectivity index (χ0v) is 10.6. The molecule has 0 spiro atoms. The molecule has 1 saturated heterocycles.